The maximum Gasteiger partial charge on any atom is 0.250 e. The molecule has 3 fully saturated rings. The second kappa shape index (κ2) is 8.20. The molecule has 6 unspecified atom stereocenters. The van der Waals surface area contributed by atoms with E-state index in [9.17, 15) is 9.90 Å². The van der Waals surface area contributed by atoms with Gasteiger partial charge in [0.2, 0.25) is 0 Å². The van der Waals surface area contributed by atoms with E-state index in [2.05, 4.69) is 52.7 Å². The molecule has 8 atom stereocenters. The van der Waals surface area contributed by atoms with Crippen molar-refractivity contribution in [2.24, 2.45) is 28.6 Å². The van der Waals surface area contributed by atoms with Crippen molar-refractivity contribution in [2.45, 2.75) is 76.4 Å². The first-order valence-electron chi connectivity index (χ1n) is 13.1. The molecule has 0 aliphatic heterocycles. The van der Waals surface area contributed by atoms with Gasteiger partial charge in [-0.2, -0.15) is 5.10 Å². The second-order valence-corrected chi connectivity index (χ2v) is 13.7. The van der Waals surface area contributed by atoms with Crippen molar-refractivity contribution in [1.82, 2.24) is 19.7 Å². The number of carbonyl (C=O) groups excluding carboxylic acids is 1. The van der Waals surface area contributed by atoms with Crippen molar-refractivity contribution in [2.75, 3.05) is 7.11 Å². The average Bonchev–Trinajstić information content (AvgIpc) is 3.34. The lowest BCUT2D eigenvalue weighted by Gasteiger charge is -2.65. The Morgan fingerprint density at radius 3 is 2.62 bits per heavy atom. The second-order valence-electron chi connectivity index (χ2n) is 12.2. The summed E-state index contributed by atoms with van der Waals surface area (Å²) in [5, 5.41) is 16.7. The van der Waals surface area contributed by atoms with E-state index in [4.69, 9.17) is 21.4 Å². The number of fused-ring (bicyclic) bond motifs is 6. The summed E-state index contributed by atoms with van der Waals surface area (Å²) in [6.07, 6.45) is 10.6. The monoisotopic (exact) mass is 588 g/mol. The summed E-state index contributed by atoms with van der Waals surface area (Å²) < 4.78 is 8.63. The highest BCUT2D eigenvalue weighted by Gasteiger charge is 2.75. The highest BCUT2D eigenvalue weighted by molar-refractivity contribution is 9.10. The molecular formula is C28H34BrClN4O3. The molecule has 2 aromatic rings. The minimum Gasteiger partial charge on any atom is -0.391 e. The van der Waals surface area contributed by atoms with Gasteiger partial charge >= 0.3 is 0 Å². The third-order valence-corrected chi connectivity index (χ3v) is 12.1. The van der Waals surface area contributed by atoms with E-state index in [1.807, 2.05) is 6.20 Å². The fourth-order valence-corrected chi connectivity index (χ4v) is 9.96. The predicted molar refractivity (Wildman–Crippen MR) is 144 cm³/mol. The fourth-order valence-electron chi connectivity index (χ4n) is 9.23. The van der Waals surface area contributed by atoms with Crippen LogP contribution >= 0.6 is 27.5 Å². The van der Waals surface area contributed by atoms with Gasteiger partial charge in [-0.1, -0.05) is 26.3 Å². The van der Waals surface area contributed by atoms with Crippen molar-refractivity contribution < 1.29 is 14.6 Å². The summed E-state index contributed by atoms with van der Waals surface area (Å²) in [6.45, 7) is 8.13. The minimum atomic E-state index is -0.903. The average molecular weight is 590 g/mol. The number of carbonyl (C=O) groups is 1. The van der Waals surface area contributed by atoms with Crippen LogP contribution < -0.4 is 0 Å². The number of aromatic nitrogens is 4. The van der Waals surface area contributed by atoms with Crippen LogP contribution in [0.3, 0.4) is 0 Å². The Labute approximate surface area is 231 Å². The number of Topliss-reactive ketones (excluding diaryl/α,β-unsaturated/α-hetero) is 1. The number of nitrogens with zero attached hydrogens (tertiary/aromatic N) is 4. The number of methoxy groups -OCH3 is 1. The zero-order valence-electron chi connectivity index (χ0n) is 22.0. The Morgan fingerprint density at radius 2 is 1.97 bits per heavy atom. The number of alkyl halides is 1. The number of ketones is 1. The van der Waals surface area contributed by atoms with Crippen LogP contribution in [0.2, 0.25) is 0 Å². The number of hydrogen-bond donors (Lipinski definition) is 1. The van der Waals surface area contributed by atoms with Gasteiger partial charge in [0, 0.05) is 36.5 Å². The smallest absolute Gasteiger partial charge is 0.250 e. The molecule has 0 saturated heterocycles. The number of rotatable bonds is 3. The summed E-state index contributed by atoms with van der Waals surface area (Å²) in [6, 6.07) is 0. The van der Waals surface area contributed by atoms with E-state index < -0.39 is 27.4 Å². The fraction of sp³-hybridized carbons (Fsp3) is 0.643. The Bertz CT molecular complexity index is 1310. The highest BCUT2D eigenvalue weighted by Crippen LogP contribution is 2.72. The quantitative estimate of drug-likeness (QED) is 0.498. The van der Waals surface area contributed by atoms with Gasteiger partial charge < -0.3 is 9.84 Å². The number of hydrogen-bond acceptors (Lipinski definition) is 6. The van der Waals surface area contributed by atoms with Crippen molar-refractivity contribution in [3.05, 3.63) is 39.9 Å². The largest absolute Gasteiger partial charge is 0.391 e. The molecule has 4 aliphatic carbocycles. The van der Waals surface area contributed by atoms with Crippen LogP contribution in [0.5, 0.6) is 0 Å². The molecule has 0 radical (unpaired) electrons. The lowest BCUT2D eigenvalue weighted by Crippen LogP contribution is -2.69. The standard InChI is InChI=1S/C28H34BrClN4O3/c1-15-8-21-20-7-6-18-9-22-17(14-34(33-22)24-31-12-19(29)13-32-24)10-25(18,3)27(20,30)23(36)11-26(21,4)28(15,37-5)16(2)35/h9,12-15,20-21,23,36H,6-8,10-11H2,1-5H3/t15?,20?,21?,23?,25?,26?,27-,28-/m0/s1. The van der Waals surface area contributed by atoms with Gasteiger partial charge in [-0.05, 0) is 84.4 Å². The first-order chi connectivity index (χ1) is 17.4. The van der Waals surface area contributed by atoms with Gasteiger partial charge in [-0.25, -0.2) is 14.6 Å². The molecule has 37 heavy (non-hydrogen) atoms. The molecule has 3 saturated carbocycles. The van der Waals surface area contributed by atoms with Crippen LogP contribution in [-0.2, 0) is 16.0 Å². The predicted octanol–water partition coefficient (Wildman–Crippen LogP) is 5.16. The van der Waals surface area contributed by atoms with Crippen molar-refractivity contribution in [3.8, 4) is 5.95 Å². The highest BCUT2D eigenvalue weighted by atomic mass is 79.9. The third kappa shape index (κ3) is 3.07. The number of aliphatic hydroxyl groups excluding tert-OH is 1. The van der Waals surface area contributed by atoms with Crippen LogP contribution in [0.25, 0.3) is 12.0 Å². The lowest BCUT2D eigenvalue weighted by molar-refractivity contribution is -0.186. The van der Waals surface area contributed by atoms with E-state index in [0.717, 1.165) is 35.0 Å². The van der Waals surface area contributed by atoms with Crippen molar-refractivity contribution >= 4 is 39.4 Å². The van der Waals surface area contributed by atoms with E-state index in [0.29, 0.717) is 18.8 Å². The van der Waals surface area contributed by atoms with Crippen LogP contribution in [0.4, 0.5) is 0 Å². The Balaban J connectivity index is 1.41. The van der Waals surface area contributed by atoms with Crippen molar-refractivity contribution in [1.29, 1.82) is 0 Å². The van der Waals surface area contributed by atoms with E-state index in [1.54, 1.807) is 31.1 Å². The number of allylic oxidation sites excluding steroid dienone is 1. The molecule has 0 bridgehead atoms. The van der Waals surface area contributed by atoms with Crippen LogP contribution in [0.1, 0.15) is 64.6 Å². The summed E-state index contributed by atoms with van der Waals surface area (Å²) in [7, 11) is 1.65. The first kappa shape index (κ1) is 25.7. The normalized spacial score (nSPS) is 42.3. The molecule has 0 aromatic carbocycles. The third-order valence-electron chi connectivity index (χ3n) is 10.7. The number of ether oxygens (including phenoxy) is 1. The molecular weight excluding hydrogens is 556 g/mol. The van der Waals surface area contributed by atoms with E-state index in [-0.39, 0.29) is 23.5 Å². The van der Waals surface area contributed by atoms with E-state index in [1.165, 1.54) is 5.57 Å². The summed E-state index contributed by atoms with van der Waals surface area (Å²) in [5.74, 6) is 0.870. The van der Waals surface area contributed by atoms with Gasteiger partial charge in [0.15, 0.2) is 5.78 Å². The minimum absolute atomic E-state index is 0.0502. The van der Waals surface area contributed by atoms with Crippen molar-refractivity contribution in [3.63, 3.8) is 0 Å². The van der Waals surface area contributed by atoms with Crippen LogP contribution in [0.15, 0.2) is 28.6 Å². The molecule has 0 amide bonds. The Kier molecular flexibility index (Phi) is 5.68. The summed E-state index contributed by atoms with van der Waals surface area (Å²) in [5.41, 5.74) is 1.41. The maximum atomic E-state index is 13.1. The number of halogens is 2. The molecule has 0 spiro atoms. The zero-order chi connectivity index (χ0) is 26.5. The molecule has 4 aliphatic rings. The van der Waals surface area contributed by atoms with Gasteiger partial charge in [-0.3, -0.25) is 4.79 Å². The zero-order valence-corrected chi connectivity index (χ0v) is 24.3. The van der Waals surface area contributed by atoms with E-state index >= 15 is 0 Å². The molecule has 7 nitrogen and oxygen atoms in total. The first-order valence-corrected chi connectivity index (χ1v) is 14.3. The lowest BCUT2D eigenvalue weighted by atomic mass is 9.44. The Morgan fingerprint density at radius 1 is 1.27 bits per heavy atom. The maximum absolute atomic E-state index is 13.1. The molecule has 9 heteroatoms. The molecule has 1 N–H and O–H groups in total. The molecule has 198 valence electrons. The van der Waals surface area contributed by atoms with Gasteiger partial charge in [0.1, 0.15) is 5.60 Å². The topological polar surface area (TPSA) is 90.1 Å². The SMILES string of the molecule is CO[C@]1(C(C)=O)C(C)CC2C3CCC4=Cc5nn(-c6ncc(Br)cn6)cc5CC4(C)[C@@]3(Cl)C(O)CC21C. The molecule has 6 rings (SSSR count). The van der Waals surface area contributed by atoms with Gasteiger partial charge in [0.05, 0.1) is 21.1 Å². The molecule has 2 aromatic heterocycles. The summed E-state index contributed by atoms with van der Waals surface area (Å²) in [4.78, 5) is 21.0. The molecule has 2 heterocycles. The van der Waals surface area contributed by atoms with Gasteiger partial charge in [0.25, 0.3) is 5.95 Å². The van der Waals surface area contributed by atoms with Crippen LogP contribution in [0, 0.1) is 28.6 Å². The van der Waals surface area contributed by atoms with Crippen LogP contribution in [-0.4, -0.2) is 54.3 Å². The Hall–Kier alpha value is -1.61. The summed E-state index contributed by atoms with van der Waals surface area (Å²) >= 11 is 11.2. The number of aliphatic hydroxyl groups is 1. The van der Waals surface area contributed by atoms with Gasteiger partial charge in [-0.15, -0.1) is 11.6 Å².